The molecule has 0 fully saturated rings. The third-order valence-electron chi connectivity index (χ3n) is 2.61. The van der Waals surface area contributed by atoms with E-state index < -0.39 is 11.9 Å². The predicted octanol–water partition coefficient (Wildman–Crippen LogP) is 1.52. The minimum atomic E-state index is -0.526. The van der Waals surface area contributed by atoms with E-state index in [4.69, 9.17) is 4.74 Å². The first-order chi connectivity index (χ1) is 9.56. The zero-order valence-corrected chi connectivity index (χ0v) is 11.3. The molecule has 0 spiro atoms. The molecule has 1 N–H and O–H groups in total. The van der Waals surface area contributed by atoms with Crippen LogP contribution in [0.15, 0.2) is 36.4 Å². The second-order valence-corrected chi connectivity index (χ2v) is 4.28. The van der Waals surface area contributed by atoms with E-state index in [1.807, 2.05) is 6.92 Å². The van der Waals surface area contributed by atoms with Crippen LogP contribution in [0.2, 0.25) is 0 Å². The molecule has 0 aliphatic rings. The number of carbonyl (C=O) groups excluding carboxylic acids is 2. The molecule has 1 aromatic carbocycles. The van der Waals surface area contributed by atoms with Gasteiger partial charge >= 0.3 is 5.97 Å². The Labute approximate surface area is 116 Å². The van der Waals surface area contributed by atoms with Gasteiger partial charge in [-0.3, -0.25) is 9.48 Å². The SMILES string of the molecule is Cc1cc(NC(=O)COC(=O)c2ccccc2)n(C)n1. The van der Waals surface area contributed by atoms with Crippen LogP contribution in [0.25, 0.3) is 0 Å². The van der Waals surface area contributed by atoms with E-state index in [2.05, 4.69) is 10.4 Å². The van der Waals surface area contributed by atoms with Crippen molar-refractivity contribution in [3.05, 3.63) is 47.7 Å². The molecule has 1 heterocycles. The maximum absolute atomic E-state index is 11.7. The van der Waals surface area contributed by atoms with Gasteiger partial charge in [0.2, 0.25) is 0 Å². The first-order valence-electron chi connectivity index (χ1n) is 6.09. The average Bonchev–Trinajstić information content (AvgIpc) is 2.75. The number of anilines is 1. The highest BCUT2D eigenvalue weighted by Gasteiger charge is 2.11. The topological polar surface area (TPSA) is 73.2 Å². The first kappa shape index (κ1) is 13.8. The van der Waals surface area contributed by atoms with Crippen LogP contribution in [0.4, 0.5) is 5.82 Å². The summed E-state index contributed by atoms with van der Waals surface area (Å²) in [5, 5.41) is 6.72. The Bertz CT molecular complexity index is 620. The normalized spacial score (nSPS) is 10.1. The Hall–Kier alpha value is -2.63. The van der Waals surface area contributed by atoms with E-state index in [0.717, 1.165) is 5.69 Å². The fourth-order valence-electron chi connectivity index (χ4n) is 1.70. The molecule has 104 valence electrons. The van der Waals surface area contributed by atoms with Crippen molar-refractivity contribution in [2.24, 2.45) is 7.05 Å². The second kappa shape index (κ2) is 6.01. The fourth-order valence-corrected chi connectivity index (χ4v) is 1.70. The maximum Gasteiger partial charge on any atom is 0.338 e. The molecule has 0 bridgehead atoms. The largest absolute Gasteiger partial charge is 0.452 e. The Morgan fingerprint density at radius 2 is 2.00 bits per heavy atom. The number of nitrogens with one attached hydrogen (secondary N) is 1. The Kier molecular flexibility index (Phi) is 4.14. The number of carbonyl (C=O) groups is 2. The number of hydrogen-bond acceptors (Lipinski definition) is 4. The van der Waals surface area contributed by atoms with E-state index in [1.54, 1.807) is 48.1 Å². The number of esters is 1. The molecule has 20 heavy (non-hydrogen) atoms. The van der Waals surface area contributed by atoms with Gasteiger partial charge < -0.3 is 10.1 Å². The van der Waals surface area contributed by atoms with Crippen LogP contribution >= 0.6 is 0 Å². The van der Waals surface area contributed by atoms with Crippen molar-refractivity contribution in [2.45, 2.75) is 6.92 Å². The number of aromatic nitrogens is 2. The molecule has 0 unspecified atom stereocenters. The van der Waals surface area contributed by atoms with E-state index >= 15 is 0 Å². The summed E-state index contributed by atoms with van der Waals surface area (Å²) in [5.41, 5.74) is 1.21. The number of aryl methyl sites for hydroxylation is 2. The van der Waals surface area contributed by atoms with Crippen molar-refractivity contribution in [1.82, 2.24) is 9.78 Å². The quantitative estimate of drug-likeness (QED) is 0.857. The van der Waals surface area contributed by atoms with Gasteiger partial charge in [-0.1, -0.05) is 18.2 Å². The third-order valence-corrected chi connectivity index (χ3v) is 2.61. The molecule has 0 saturated carbocycles. The van der Waals surface area contributed by atoms with E-state index in [9.17, 15) is 9.59 Å². The Morgan fingerprint density at radius 3 is 2.60 bits per heavy atom. The van der Waals surface area contributed by atoms with Crippen LogP contribution in [-0.2, 0) is 16.6 Å². The van der Waals surface area contributed by atoms with Crippen LogP contribution in [0, 0.1) is 6.92 Å². The van der Waals surface area contributed by atoms with Crippen LogP contribution in [0.3, 0.4) is 0 Å². The third kappa shape index (κ3) is 3.44. The van der Waals surface area contributed by atoms with E-state index in [0.29, 0.717) is 11.4 Å². The monoisotopic (exact) mass is 273 g/mol. The minimum Gasteiger partial charge on any atom is -0.452 e. The molecule has 2 aromatic rings. The molecular weight excluding hydrogens is 258 g/mol. The molecule has 0 aliphatic heterocycles. The van der Waals surface area contributed by atoms with Crippen molar-refractivity contribution in [3.63, 3.8) is 0 Å². The lowest BCUT2D eigenvalue weighted by Crippen LogP contribution is -2.22. The molecule has 0 aliphatic carbocycles. The minimum absolute atomic E-state index is 0.335. The van der Waals surface area contributed by atoms with Crippen LogP contribution in [-0.4, -0.2) is 28.3 Å². The molecule has 6 heteroatoms. The van der Waals surface area contributed by atoms with Gasteiger partial charge in [-0.15, -0.1) is 0 Å². The zero-order valence-electron chi connectivity index (χ0n) is 11.3. The van der Waals surface area contributed by atoms with Crippen LogP contribution < -0.4 is 5.32 Å². The summed E-state index contributed by atoms with van der Waals surface area (Å²) in [7, 11) is 1.72. The number of benzene rings is 1. The van der Waals surface area contributed by atoms with Crippen LogP contribution in [0.1, 0.15) is 16.1 Å². The zero-order chi connectivity index (χ0) is 14.5. The number of nitrogens with zero attached hydrogens (tertiary/aromatic N) is 2. The Morgan fingerprint density at radius 1 is 1.30 bits per heavy atom. The molecular formula is C14H15N3O3. The second-order valence-electron chi connectivity index (χ2n) is 4.28. The maximum atomic E-state index is 11.7. The summed E-state index contributed by atoms with van der Waals surface area (Å²) in [6, 6.07) is 10.3. The predicted molar refractivity (Wildman–Crippen MR) is 73.3 cm³/mol. The van der Waals surface area contributed by atoms with Gasteiger partial charge in [0, 0.05) is 13.1 Å². The summed E-state index contributed by atoms with van der Waals surface area (Å²) in [4.78, 5) is 23.3. The van der Waals surface area contributed by atoms with Gasteiger partial charge in [-0.05, 0) is 19.1 Å². The lowest BCUT2D eigenvalue weighted by atomic mass is 10.2. The van der Waals surface area contributed by atoms with Gasteiger partial charge in [-0.25, -0.2) is 4.79 Å². The number of amides is 1. The summed E-state index contributed by atoms with van der Waals surface area (Å²) < 4.78 is 6.48. The van der Waals surface area contributed by atoms with Gasteiger partial charge in [0.05, 0.1) is 11.3 Å². The van der Waals surface area contributed by atoms with E-state index in [1.165, 1.54) is 0 Å². The molecule has 6 nitrogen and oxygen atoms in total. The number of rotatable bonds is 4. The van der Waals surface area contributed by atoms with Crippen LogP contribution in [0.5, 0.6) is 0 Å². The molecule has 0 atom stereocenters. The Balaban J connectivity index is 1.87. The lowest BCUT2D eigenvalue weighted by Gasteiger charge is -2.06. The van der Waals surface area contributed by atoms with Crippen molar-refractivity contribution >= 4 is 17.7 Å². The molecule has 1 aromatic heterocycles. The lowest BCUT2D eigenvalue weighted by molar-refractivity contribution is -0.119. The average molecular weight is 273 g/mol. The van der Waals surface area contributed by atoms with Gasteiger partial charge in [0.15, 0.2) is 6.61 Å². The van der Waals surface area contributed by atoms with Gasteiger partial charge in [-0.2, -0.15) is 5.10 Å². The summed E-state index contributed by atoms with van der Waals surface area (Å²) in [6.07, 6.45) is 0. The summed E-state index contributed by atoms with van der Waals surface area (Å²) in [5.74, 6) is -0.373. The van der Waals surface area contributed by atoms with Crippen molar-refractivity contribution in [3.8, 4) is 0 Å². The van der Waals surface area contributed by atoms with E-state index in [-0.39, 0.29) is 6.61 Å². The standard InChI is InChI=1S/C14H15N3O3/c1-10-8-12(17(2)16-10)15-13(18)9-20-14(19)11-6-4-3-5-7-11/h3-8H,9H2,1-2H3,(H,15,18). The first-order valence-corrected chi connectivity index (χ1v) is 6.09. The highest BCUT2D eigenvalue weighted by atomic mass is 16.5. The van der Waals surface area contributed by atoms with Crippen molar-refractivity contribution in [2.75, 3.05) is 11.9 Å². The summed E-state index contributed by atoms with van der Waals surface area (Å²) >= 11 is 0. The highest BCUT2D eigenvalue weighted by Crippen LogP contribution is 2.08. The van der Waals surface area contributed by atoms with Crippen molar-refractivity contribution in [1.29, 1.82) is 0 Å². The number of hydrogen-bond donors (Lipinski definition) is 1. The van der Waals surface area contributed by atoms with Gasteiger partial charge in [0.1, 0.15) is 5.82 Å². The smallest absolute Gasteiger partial charge is 0.338 e. The fraction of sp³-hybridized carbons (Fsp3) is 0.214. The molecule has 1 amide bonds. The highest BCUT2D eigenvalue weighted by molar-refractivity contribution is 5.95. The molecule has 0 saturated heterocycles. The number of ether oxygens (including phenoxy) is 1. The summed E-state index contributed by atoms with van der Waals surface area (Å²) in [6.45, 7) is 1.49. The van der Waals surface area contributed by atoms with Crippen molar-refractivity contribution < 1.29 is 14.3 Å². The molecule has 0 radical (unpaired) electrons. The van der Waals surface area contributed by atoms with Gasteiger partial charge in [0.25, 0.3) is 5.91 Å². The molecule has 2 rings (SSSR count).